The van der Waals surface area contributed by atoms with E-state index in [4.69, 9.17) is 0 Å². The molecular weight excluding hydrogens is 584 g/mol. The van der Waals surface area contributed by atoms with Crippen molar-refractivity contribution in [3.05, 3.63) is 173 Å². The fourth-order valence-electron chi connectivity index (χ4n) is 6.05. The third-order valence-corrected chi connectivity index (χ3v) is 9.07. The molecule has 0 radical (unpaired) electrons. The molecule has 0 atom stereocenters. The van der Waals surface area contributed by atoms with E-state index in [1.165, 1.54) is 71.6 Å². The molecule has 7 rings (SSSR count). The van der Waals surface area contributed by atoms with Crippen molar-refractivity contribution in [2.75, 3.05) is 0 Å². The van der Waals surface area contributed by atoms with E-state index in [9.17, 15) is 0 Å². The maximum absolute atomic E-state index is 3.92. The van der Waals surface area contributed by atoms with Crippen LogP contribution in [-0.2, 0) is 6.42 Å². The summed E-state index contributed by atoms with van der Waals surface area (Å²) in [7, 11) is 0. The average Bonchev–Trinajstić information content (AvgIpc) is 3.07. The van der Waals surface area contributed by atoms with Crippen molar-refractivity contribution < 1.29 is 0 Å². The Morgan fingerprint density at radius 2 is 1.07 bits per heavy atom. The van der Waals surface area contributed by atoms with Gasteiger partial charge in [-0.05, 0) is 85.5 Å². The lowest BCUT2D eigenvalue weighted by molar-refractivity contribution is 1.27. The van der Waals surface area contributed by atoms with Gasteiger partial charge in [-0.3, -0.25) is 0 Å². The highest BCUT2D eigenvalue weighted by molar-refractivity contribution is 9.10. The van der Waals surface area contributed by atoms with Gasteiger partial charge in [0.05, 0.1) is 0 Å². The van der Waals surface area contributed by atoms with Gasteiger partial charge in [-0.1, -0.05) is 168 Å². The summed E-state index contributed by atoms with van der Waals surface area (Å²) in [6.07, 6.45) is 3.24. The van der Waals surface area contributed by atoms with Gasteiger partial charge in [-0.2, -0.15) is 0 Å². The molecule has 0 nitrogen and oxygen atoms in total. The quantitative estimate of drug-likeness (QED) is 0.175. The van der Waals surface area contributed by atoms with Crippen molar-refractivity contribution in [2.45, 2.75) is 13.3 Å². The minimum Gasteiger partial charge on any atom is -0.0766 e. The van der Waals surface area contributed by atoms with Crippen molar-refractivity contribution in [3.63, 3.8) is 0 Å². The third kappa shape index (κ3) is 5.45. The Bertz CT molecular complexity index is 2080. The van der Waals surface area contributed by atoms with Crippen molar-refractivity contribution in [1.29, 1.82) is 0 Å². The summed E-state index contributed by atoms with van der Waals surface area (Å²) >= 11 is 3.92. The number of allylic oxidation sites excluding steroid dienone is 2. The summed E-state index contributed by atoms with van der Waals surface area (Å²) in [5, 5.41) is 5.00. The van der Waals surface area contributed by atoms with Crippen molar-refractivity contribution in [3.8, 4) is 33.4 Å². The maximum Gasteiger partial charge on any atom is 0.0260 e. The van der Waals surface area contributed by atoms with E-state index in [2.05, 4.69) is 181 Å². The van der Waals surface area contributed by atoms with E-state index in [-0.39, 0.29) is 0 Å². The lowest BCUT2D eigenvalue weighted by Gasteiger charge is -2.18. The van der Waals surface area contributed by atoms with Crippen LogP contribution in [0.2, 0.25) is 0 Å². The predicted octanol–water partition coefficient (Wildman–Crippen LogP) is 12.4. The first-order valence-corrected chi connectivity index (χ1v) is 15.6. The predicted molar refractivity (Wildman–Crippen MR) is 189 cm³/mol. The number of benzene rings is 7. The van der Waals surface area contributed by atoms with E-state index in [1.807, 2.05) is 0 Å². The van der Waals surface area contributed by atoms with Crippen molar-refractivity contribution >= 4 is 43.0 Å². The lowest BCUT2D eigenvalue weighted by atomic mass is 9.87. The monoisotopic (exact) mass is 614 g/mol. The Balaban J connectivity index is 1.22. The van der Waals surface area contributed by atoms with E-state index in [0.717, 1.165) is 10.9 Å². The normalized spacial score (nSPS) is 11.7. The van der Waals surface area contributed by atoms with Gasteiger partial charge >= 0.3 is 0 Å². The SMILES string of the molecule is C/C(=C\Cc1ccc(-c2ccccc2)cc1)c1ccc(-c2ccc3ccccc3c2-c2c(Br)ccc3ccccc23)cc1. The third-order valence-electron chi connectivity index (χ3n) is 8.41. The van der Waals surface area contributed by atoms with E-state index >= 15 is 0 Å². The molecule has 0 spiro atoms. The Labute approximate surface area is 262 Å². The van der Waals surface area contributed by atoms with E-state index in [0.29, 0.717) is 0 Å². The van der Waals surface area contributed by atoms with Crippen LogP contribution in [0.3, 0.4) is 0 Å². The summed E-state index contributed by atoms with van der Waals surface area (Å²) < 4.78 is 1.11. The zero-order valence-electron chi connectivity index (χ0n) is 24.1. The second kappa shape index (κ2) is 11.9. The highest BCUT2D eigenvalue weighted by atomic mass is 79.9. The maximum atomic E-state index is 3.92. The highest BCUT2D eigenvalue weighted by Gasteiger charge is 2.17. The summed E-state index contributed by atoms with van der Waals surface area (Å²) in [5.41, 5.74) is 11.3. The average molecular weight is 616 g/mol. The van der Waals surface area contributed by atoms with Crippen LogP contribution in [0.15, 0.2) is 162 Å². The molecule has 43 heavy (non-hydrogen) atoms. The van der Waals surface area contributed by atoms with Crippen LogP contribution < -0.4 is 0 Å². The van der Waals surface area contributed by atoms with Crippen LogP contribution in [0.25, 0.3) is 60.5 Å². The number of hydrogen-bond donors (Lipinski definition) is 0. The molecule has 0 N–H and O–H groups in total. The first-order valence-electron chi connectivity index (χ1n) is 14.8. The number of fused-ring (bicyclic) bond motifs is 2. The molecule has 206 valence electrons. The van der Waals surface area contributed by atoms with Gasteiger partial charge in [0.2, 0.25) is 0 Å². The number of hydrogen-bond acceptors (Lipinski definition) is 0. The van der Waals surface area contributed by atoms with Crippen molar-refractivity contribution in [1.82, 2.24) is 0 Å². The molecule has 0 unspecified atom stereocenters. The summed E-state index contributed by atoms with van der Waals surface area (Å²) in [4.78, 5) is 0. The zero-order valence-corrected chi connectivity index (χ0v) is 25.7. The Kier molecular flexibility index (Phi) is 7.49. The lowest BCUT2D eigenvalue weighted by Crippen LogP contribution is -1.91. The number of halogens is 1. The second-order valence-electron chi connectivity index (χ2n) is 11.1. The molecule has 0 aliphatic heterocycles. The van der Waals surface area contributed by atoms with Crippen LogP contribution in [0.5, 0.6) is 0 Å². The molecular formula is C42H31Br. The molecule has 0 aromatic heterocycles. The summed E-state index contributed by atoms with van der Waals surface area (Å²) in [6, 6.07) is 54.8. The molecule has 0 amide bonds. The summed E-state index contributed by atoms with van der Waals surface area (Å²) in [6.45, 7) is 2.21. The molecule has 0 heterocycles. The molecule has 0 bridgehead atoms. The molecule has 0 aliphatic carbocycles. The van der Waals surface area contributed by atoms with Crippen LogP contribution in [0, 0.1) is 0 Å². The smallest absolute Gasteiger partial charge is 0.0260 e. The van der Waals surface area contributed by atoms with E-state index in [1.54, 1.807) is 0 Å². The van der Waals surface area contributed by atoms with Crippen LogP contribution in [0.1, 0.15) is 18.1 Å². The molecule has 7 aromatic rings. The van der Waals surface area contributed by atoms with Gasteiger partial charge < -0.3 is 0 Å². The fraction of sp³-hybridized carbons (Fsp3) is 0.0476. The van der Waals surface area contributed by atoms with Gasteiger partial charge in [0.15, 0.2) is 0 Å². The minimum atomic E-state index is 0.909. The van der Waals surface area contributed by atoms with Gasteiger partial charge in [0.25, 0.3) is 0 Å². The molecule has 0 aliphatic rings. The Morgan fingerprint density at radius 3 is 1.77 bits per heavy atom. The van der Waals surface area contributed by atoms with Gasteiger partial charge in [0.1, 0.15) is 0 Å². The Hall–Kier alpha value is -4.72. The first-order chi connectivity index (χ1) is 21.2. The number of rotatable bonds is 6. The zero-order chi connectivity index (χ0) is 29.2. The first kappa shape index (κ1) is 27.1. The van der Waals surface area contributed by atoms with E-state index < -0.39 is 0 Å². The fourth-order valence-corrected chi connectivity index (χ4v) is 6.59. The Morgan fingerprint density at radius 1 is 0.512 bits per heavy atom. The van der Waals surface area contributed by atoms with Crippen LogP contribution >= 0.6 is 15.9 Å². The molecule has 0 fully saturated rings. The van der Waals surface area contributed by atoms with Gasteiger partial charge in [0, 0.05) is 10.0 Å². The largest absolute Gasteiger partial charge is 0.0766 e. The summed E-state index contributed by atoms with van der Waals surface area (Å²) in [5.74, 6) is 0. The molecule has 7 aromatic carbocycles. The molecule has 0 saturated heterocycles. The topological polar surface area (TPSA) is 0 Å². The van der Waals surface area contributed by atoms with Gasteiger partial charge in [-0.15, -0.1) is 0 Å². The van der Waals surface area contributed by atoms with Crippen LogP contribution in [-0.4, -0.2) is 0 Å². The van der Waals surface area contributed by atoms with Crippen molar-refractivity contribution in [2.24, 2.45) is 0 Å². The highest BCUT2D eigenvalue weighted by Crippen LogP contribution is 2.44. The molecule has 1 heteroatoms. The molecule has 0 saturated carbocycles. The second-order valence-corrected chi connectivity index (χ2v) is 11.9. The van der Waals surface area contributed by atoms with Crippen LogP contribution in [0.4, 0.5) is 0 Å². The minimum absolute atomic E-state index is 0.909. The van der Waals surface area contributed by atoms with Gasteiger partial charge in [-0.25, -0.2) is 0 Å². The standard InChI is InChI=1S/C42H31Br/c1-29(15-16-30-17-19-33(20-18-30)32-9-3-2-4-10-32)31-21-23-36(24-22-31)39-27-25-34-11-5-7-13-37(34)41(39)42-38-14-8-6-12-35(38)26-28-40(42)43/h2-15,17-28H,16H2,1H3/b29-15+.